The lowest BCUT2D eigenvalue weighted by Crippen LogP contribution is -2.05. The Hall–Kier alpha value is -1.53. The number of nitrogens with zero attached hydrogens (tertiary/aromatic N) is 1. The van der Waals surface area contributed by atoms with Gasteiger partial charge in [0.1, 0.15) is 10.7 Å². The molecule has 0 unspecified atom stereocenters. The molecule has 0 fully saturated rings. The maximum atomic E-state index is 11.9. The van der Waals surface area contributed by atoms with Gasteiger partial charge in [-0.2, -0.15) is 0 Å². The molecule has 0 amide bonds. The highest BCUT2D eigenvalue weighted by Gasteiger charge is 2.22. The van der Waals surface area contributed by atoms with Crippen molar-refractivity contribution in [3.63, 3.8) is 0 Å². The van der Waals surface area contributed by atoms with Crippen LogP contribution in [0.5, 0.6) is 5.75 Å². The van der Waals surface area contributed by atoms with Crippen molar-refractivity contribution < 1.29 is 18.0 Å². The van der Waals surface area contributed by atoms with Crippen molar-refractivity contribution in [2.24, 2.45) is 0 Å². The lowest BCUT2D eigenvalue weighted by molar-refractivity contribution is 0.369. The first kappa shape index (κ1) is 15.9. The Labute approximate surface area is 128 Å². The molecule has 0 bridgehead atoms. The molecule has 0 aliphatic heterocycles. The molecular weight excluding hydrogens is 314 g/mol. The van der Waals surface area contributed by atoms with Crippen LogP contribution in [0, 0.1) is 0 Å². The third-order valence-electron chi connectivity index (χ3n) is 3.12. The molecule has 1 aromatic carbocycles. The molecule has 2 rings (SSSR count). The largest absolute Gasteiger partial charge is 0.505 e. The zero-order valence-corrected chi connectivity index (χ0v) is 13.5. The number of rotatable bonds is 4. The lowest BCUT2D eigenvalue weighted by atomic mass is 10.0. The fourth-order valence-corrected chi connectivity index (χ4v) is 3.52. The van der Waals surface area contributed by atoms with Gasteiger partial charge in [-0.15, -0.1) is 0 Å². The van der Waals surface area contributed by atoms with Crippen molar-refractivity contribution in [2.45, 2.75) is 31.1 Å². The van der Waals surface area contributed by atoms with Gasteiger partial charge in [0.2, 0.25) is 0 Å². The van der Waals surface area contributed by atoms with Crippen molar-refractivity contribution in [1.29, 1.82) is 0 Å². The van der Waals surface area contributed by atoms with Gasteiger partial charge in [0.25, 0.3) is 0 Å². The van der Waals surface area contributed by atoms with Crippen LogP contribution in [0.2, 0.25) is 5.02 Å². The second-order valence-electron chi connectivity index (χ2n) is 5.20. The van der Waals surface area contributed by atoms with Crippen LogP contribution in [0.3, 0.4) is 0 Å². The number of hydrogen-bond acceptors (Lipinski definition) is 5. The van der Waals surface area contributed by atoms with E-state index in [0.29, 0.717) is 17.7 Å². The molecule has 1 heterocycles. The maximum absolute atomic E-state index is 11.9. The fourth-order valence-electron chi connectivity index (χ4n) is 2.23. The molecule has 7 heteroatoms. The van der Waals surface area contributed by atoms with Gasteiger partial charge >= 0.3 is 0 Å². The number of benzene rings is 1. The van der Waals surface area contributed by atoms with Gasteiger partial charge in [-0.05, 0) is 11.6 Å². The van der Waals surface area contributed by atoms with Gasteiger partial charge < -0.3 is 9.63 Å². The van der Waals surface area contributed by atoms with Gasteiger partial charge in [0, 0.05) is 24.2 Å². The van der Waals surface area contributed by atoms with E-state index < -0.39 is 15.6 Å². The van der Waals surface area contributed by atoms with E-state index in [4.69, 9.17) is 16.1 Å². The van der Waals surface area contributed by atoms with E-state index in [1.165, 1.54) is 6.07 Å². The number of halogens is 1. The zero-order valence-electron chi connectivity index (χ0n) is 11.9. The number of aromatic hydroxyl groups is 1. The molecule has 2 aromatic rings. The van der Waals surface area contributed by atoms with Crippen LogP contribution in [-0.2, 0) is 16.3 Å². The summed E-state index contributed by atoms with van der Waals surface area (Å²) in [6, 6.07) is 3.07. The zero-order chi connectivity index (χ0) is 15.8. The van der Waals surface area contributed by atoms with E-state index in [2.05, 4.69) is 5.16 Å². The normalized spacial score (nSPS) is 12.0. The van der Waals surface area contributed by atoms with Gasteiger partial charge in [0.05, 0.1) is 11.2 Å². The molecule has 0 saturated heterocycles. The average molecular weight is 330 g/mol. The van der Waals surface area contributed by atoms with E-state index in [9.17, 15) is 13.5 Å². The highest BCUT2D eigenvalue weighted by Crippen LogP contribution is 2.35. The van der Waals surface area contributed by atoms with Gasteiger partial charge in [-0.3, -0.25) is 0 Å². The van der Waals surface area contributed by atoms with Crippen LogP contribution in [-0.4, -0.2) is 24.9 Å². The Morgan fingerprint density at radius 1 is 1.33 bits per heavy atom. The lowest BCUT2D eigenvalue weighted by Gasteiger charge is -2.11. The Balaban J connectivity index is 2.55. The first-order valence-electron chi connectivity index (χ1n) is 6.35. The van der Waals surface area contributed by atoms with Crippen LogP contribution in [0.25, 0.3) is 0 Å². The minimum absolute atomic E-state index is 0.00794. The number of aromatic nitrogens is 1. The molecule has 5 nitrogen and oxygen atoms in total. The SMILES string of the molecule is CC(C)c1oncc1Cc1ccc(Cl)c(O)c1S(C)(=O)=O. The Morgan fingerprint density at radius 2 is 2.00 bits per heavy atom. The molecule has 0 saturated carbocycles. The van der Waals surface area contributed by atoms with E-state index in [1.54, 1.807) is 12.3 Å². The van der Waals surface area contributed by atoms with Crippen molar-refractivity contribution in [1.82, 2.24) is 5.16 Å². The predicted octanol–water partition coefficient (Wildman–Crippen LogP) is 3.15. The predicted molar refractivity (Wildman–Crippen MR) is 79.6 cm³/mol. The molecule has 0 radical (unpaired) electrons. The van der Waals surface area contributed by atoms with Crippen LogP contribution in [0.1, 0.15) is 36.7 Å². The summed E-state index contributed by atoms with van der Waals surface area (Å²) in [6.07, 6.45) is 2.90. The Kier molecular flexibility index (Phi) is 4.30. The second-order valence-corrected chi connectivity index (χ2v) is 7.56. The van der Waals surface area contributed by atoms with Crippen LogP contribution >= 0.6 is 11.6 Å². The highest BCUT2D eigenvalue weighted by molar-refractivity contribution is 7.90. The van der Waals surface area contributed by atoms with Crippen molar-refractivity contribution in [3.8, 4) is 5.75 Å². The van der Waals surface area contributed by atoms with E-state index in [-0.39, 0.29) is 15.8 Å². The second kappa shape index (κ2) is 5.69. The Morgan fingerprint density at radius 3 is 2.57 bits per heavy atom. The molecule has 1 aromatic heterocycles. The minimum atomic E-state index is -3.61. The third kappa shape index (κ3) is 3.22. The first-order valence-corrected chi connectivity index (χ1v) is 8.62. The first-order chi connectivity index (χ1) is 9.71. The fraction of sp³-hybridized carbons (Fsp3) is 0.357. The third-order valence-corrected chi connectivity index (χ3v) is 4.62. The number of hydrogen-bond donors (Lipinski definition) is 1. The highest BCUT2D eigenvalue weighted by atomic mass is 35.5. The summed E-state index contributed by atoms with van der Waals surface area (Å²) in [6.45, 7) is 3.92. The van der Waals surface area contributed by atoms with Gasteiger partial charge in [0.15, 0.2) is 15.6 Å². The summed E-state index contributed by atoms with van der Waals surface area (Å²) in [5.74, 6) is 0.410. The number of phenolic OH excluding ortho intramolecular Hbond substituents is 1. The molecular formula is C14H16ClNO4S. The smallest absolute Gasteiger partial charge is 0.179 e. The summed E-state index contributed by atoms with van der Waals surface area (Å²) >= 11 is 5.81. The van der Waals surface area contributed by atoms with Crippen molar-refractivity contribution >= 4 is 21.4 Å². The summed E-state index contributed by atoms with van der Waals surface area (Å²) in [5, 5.41) is 13.7. The maximum Gasteiger partial charge on any atom is 0.179 e. The molecule has 0 spiro atoms. The summed E-state index contributed by atoms with van der Waals surface area (Å²) in [5.41, 5.74) is 1.25. The van der Waals surface area contributed by atoms with Crippen LogP contribution in [0.15, 0.2) is 27.7 Å². The summed E-state index contributed by atoms with van der Waals surface area (Å²) < 4.78 is 29.0. The quantitative estimate of drug-likeness (QED) is 0.932. The number of phenols is 1. The summed E-state index contributed by atoms with van der Waals surface area (Å²) in [7, 11) is -3.61. The summed E-state index contributed by atoms with van der Waals surface area (Å²) in [4.78, 5) is -0.147. The average Bonchev–Trinajstić information content (AvgIpc) is 2.80. The molecule has 114 valence electrons. The van der Waals surface area contributed by atoms with Gasteiger partial charge in [-0.1, -0.05) is 36.7 Å². The van der Waals surface area contributed by atoms with Crippen LogP contribution in [0.4, 0.5) is 0 Å². The number of sulfone groups is 1. The standard InChI is InChI=1S/C14H16ClNO4S/c1-8(2)13-10(7-16-20-13)6-9-4-5-11(15)12(17)14(9)21(3,18)19/h4-5,7-8,17H,6H2,1-3H3. The van der Waals surface area contributed by atoms with E-state index >= 15 is 0 Å². The van der Waals surface area contributed by atoms with Crippen molar-refractivity contribution in [3.05, 3.63) is 40.2 Å². The topological polar surface area (TPSA) is 80.4 Å². The van der Waals surface area contributed by atoms with Gasteiger partial charge in [-0.25, -0.2) is 8.42 Å². The molecule has 1 N–H and O–H groups in total. The molecule has 0 aliphatic rings. The molecule has 21 heavy (non-hydrogen) atoms. The van der Waals surface area contributed by atoms with Crippen molar-refractivity contribution in [2.75, 3.05) is 6.26 Å². The minimum Gasteiger partial charge on any atom is -0.505 e. The van der Waals surface area contributed by atoms with E-state index in [0.717, 1.165) is 11.8 Å². The Bertz CT molecular complexity index is 765. The monoisotopic (exact) mass is 329 g/mol. The van der Waals surface area contributed by atoms with Crippen LogP contribution < -0.4 is 0 Å². The molecule has 0 aliphatic carbocycles. The molecule has 0 atom stereocenters. The van der Waals surface area contributed by atoms with E-state index in [1.807, 2.05) is 13.8 Å².